The van der Waals surface area contributed by atoms with Crippen molar-refractivity contribution in [2.24, 2.45) is 0 Å². The summed E-state index contributed by atoms with van der Waals surface area (Å²) >= 11 is 0. The minimum Gasteiger partial charge on any atom is -0.372 e. The van der Waals surface area contributed by atoms with Crippen molar-refractivity contribution >= 4 is 23.1 Å². The summed E-state index contributed by atoms with van der Waals surface area (Å²) in [5, 5.41) is 14.4. The van der Waals surface area contributed by atoms with Crippen molar-refractivity contribution in [2.75, 3.05) is 28.6 Å². The van der Waals surface area contributed by atoms with Gasteiger partial charge in [-0.05, 0) is 61.7 Å². The molecule has 1 aliphatic heterocycles. The van der Waals surface area contributed by atoms with E-state index in [0.29, 0.717) is 11.3 Å². The Balaban J connectivity index is 1.59. The first-order chi connectivity index (χ1) is 11.7. The highest BCUT2D eigenvalue weighted by Gasteiger charge is 2.11. The number of hydrogen-bond acceptors (Lipinski definition) is 3. The number of hydrogen-bond donors (Lipinski definition) is 2. The molecule has 0 radical (unpaired) electrons. The molecule has 2 aromatic rings. The number of benzene rings is 2. The van der Waals surface area contributed by atoms with Gasteiger partial charge in [0.25, 0.3) is 0 Å². The van der Waals surface area contributed by atoms with Gasteiger partial charge in [-0.1, -0.05) is 6.07 Å². The van der Waals surface area contributed by atoms with E-state index in [1.165, 1.54) is 24.9 Å². The number of nitriles is 1. The average Bonchev–Trinajstić information content (AvgIpc) is 2.63. The molecule has 5 heteroatoms. The molecule has 0 saturated carbocycles. The quantitative estimate of drug-likeness (QED) is 0.891. The molecule has 1 fully saturated rings. The van der Waals surface area contributed by atoms with Crippen LogP contribution in [-0.4, -0.2) is 19.1 Å². The number of carbonyl (C=O) groups is 1. The van der Waals surface area contributed by atoms with Gasteiger partial charge in [-0.3, -0.25) is 0 Å². The second kappa shape index (κ2) is 7.51. The molecule has 1 saturated heterocycles. The van der Waals surface area contributed by atoms with E-state index in [0.717, 1.165) is 18.8 Å². The normalized spacial score (nSPS) is 13.9. The Morgan fingerprint density at radius 2 is 1.67 bits per heavy atom. The molecule has 0 unspecified atom stereocenters. The van der Waals surface area contributed by atoms with Crippen LogP contribution < -0.4 is 15.5 Å². The van der Waals surface area contributed by atoms with Gasteiger partial charge in [-0.25, -0.2) is 4.79 Å². The van der Waals surface area contributed by atoms with Crippen molar-refractivity contribution in [1.29, 1.82) is 5.26 Å². The Morgan fingerprint density at radius 3 is 2.38 bits per heavy atom. The van der Waals surface area contributed by atoms with Crippen LogP contribution >= 0.6 is 0 Å². The topological polar surface area (TPSA) is 68.2 Å². The lowest BCUT2D eigenvalue weighted by atomic mass is 10.1. The second-order valence-corrected chi connectivity index (χ2v) is 5.87. The number of amides is 2. The maximum absolute atomic E-state index is 12.1. The standard InChI is InChI=1S/C19H20N4O/c20-14-15-5-4-6-17(13-15)22-19(24)21-16-7-9-18(10-8-16)23-11-2-1-3-12-23/h4-10,13H,1-3,11-12H2,(H2,21,22,24). The van der Waals surface area contributed by atoms with Crippen LogP contribution in [-0.2, 0) is 0 Å². The Labute approximate surface area is 141 Å². The molecule has 122 valence electrons. The molecule has 0 bridgehead atoms. The molecular weight excluding hydrogens is 300 g/mol. The summed E-state index contributed by atoms with van der Waals surface area (Å²) in [5.74, 6) is 0. The van der Waals surface area contributed by atoms with Crippen LogP contribution in [0.25, 0.3) is 0 Å². The van der Waals surface area contributed by atoms with E-state index >= 15 is 0 Å². The van der Waals surface area contributed by atoms with E-state index in [-0.39, 0.29) is 6.03 Å². The van der Waals surface area contributed by atoms with Crippen LogP contribution in [0.2, 0.25) is 0 Å². The van der Waals surface area contributed by atoms with Gasteiger partial charge >= 0.3 is 6.03 Å². The van der Waals surface area contributed by atoms with Crippen molar-refractivity contribution < 1.29 is 4.79 Å². The van der Waals surface area contributed by atoms with E-state index in [4.69, 9.17) is 5.26 Å². The lowest BCUT2D eigenvalue weighted by Crippen LogP contribution is -2.29. The first-order valence-electron chi connectivity index (χ1n) is 8.18. The Bertz CT molecular complexity index is 743. The fourth-order valence-electron chi connectivity index (χ4n) is 2.87. The van der Waals surface area contributed by atoms with E-state index in [9.17, 15) is 4.79 Å². The minimum absolute atomic E-state index is 0.323. The van der Waals surface area contributed by atoms with Crippen LogP contribution in [0.1, 0.15) is 24.8 Å². The maximum Gasteiger partial charge on any atom is 0.323 e. The van der Waals surface area contributed by atoms with Crippen LogP contribution in [0, 0.1) is 11.3 Å². The molecule has 0 aliphatic carbocycles. The van der Waals surface area contributed by atoms with Gasteiger partial charge in [-0.2, -0.15) is 5.26 Å². The van der Waals surface area contributed by atoms with Gasteiger partial charge in [0.15, 0.2) is 0 Å². The van der Waals surface area contributed by atoms with Crippen molar-refractivity contribution in [3.8, 4) is 6.07 Å². The van der Waals surface area contributed by atoms with Crippen LogP contribution in [0.15, 0.2) is 48.5 Å². The zero-order valence-corrected chi connectivity index (χ0v) is 13.5. The van der Waals surface area contributed by atoms with Gasteiger partial charge in [0, 0.05) is 30.2 Å². The molecule has 0 atom stereocenters. The number of anilines is 3. The molecule has 1 aliphatic rings. The van der Waals surface area contributed by atoms with Gasteiger partial charge < -0.3 is 15.5 Å². The number of carbonyl (C=O) groups excluding carboxylic acids is 1. The fourth-order valence-corrected chi connectivity index (χ4v) is 2.87. The molecule has 2 aromatic carbocycles. The molecule has 0 aromatic heterocycles. The molecule has 24 heavy (non-hydrogen) atoms. The summed E-state index contributed by atoms with van der Waals surface area (Å²) in [4.78, 5) is 14.4. The van der Waals surface area contributed by atoms with Crippen molar-refractivity contribution in [3.05, 3.63) is 54.1 Å². The summed E-state index contributed by atoms with van der Waals surface area (Å²) < 4.78 is 0. The SMILES string of the molecule is N#Cc1cccc(NC(=O)Nc2ccc(N3CCCCC3)cc2)c1. The lowest BCUT2D eigenvalue weighted by molar-refractivity contribution is 0.262. The third-order valence-corrected chi connectivity index (χ3v) is 4.10. The average molecular weight is 320 g/mol. The van der Waals surface area contributed by atoms with E-state index in [1.807, 2.05) is 24.3 Å². The number of rotatable bonds is 3. The smallest absolute Gasteiger partial charge is 0.323 e. The predicted octanol–water partition coefficient (Wildman–Crippen LogP) is 4.19. The summed E-state index contributed by atoms with van der Waals surface area (Å²) in [6.45, 7) is 2.20. The zero-order chi connectivity index (χ0) is 16.8. The van der Waals surface area contributed by atoms with Crippen molar-refractivity contribution in [2.45, 2.75) is 19.3 Å². The second-order valence-electron chi connectivity index (χ2n) is 5.87. The Kier molecular flexibility index (Phi) is 4.97. The monoisotopic (exact) mass is 320 g/mol. The summed E-state index contributed by atoms with van der Waals surface area (Å²) in [7, 11) is 0. The lowest BCUT2D eigenvalue weighted by Gasteiger charge is -2.28. The summed E-state index contributed by atoms with van der Waals surface area (Å²) in [6.07, 6.45) is 3.79. The molecular formula is C19H20N4O. The third kappa shape index (κ3) is 4.05. The number of urea groups is 1. The van der Waals surface area contributed by atoms with Crippen molar-refractivity contribution in [1.82, 2.24) is 0 Å². The van der Waals surface area contributed by atoms with Gasteiger partial charge in [0.1, 0.15) is 0 Å². The highest BCUT2D eigenvalue weighted by Crippen LogP contribution is 2.22. The van der Waals surface area contributed by atoms with E-state index in [1.54, 1.807) is 24.3 Å². The molecule has 3 rings (SSSR count). The maximum atomic E-state index is 12.1. The zero-order valence-electron chi connectivity index (χ0n) is 13.5. The van der Waals surface area contributed by atoms with E-state index < -0.39 is 0 Å². The minimum atomic E-state index is -0.323. The van der Waals surface area contributed by atoms with Gasteiger partial charge in [-0.15, -0.1) is 0 Å². The predicted molar refractivity (Wildman–Crippen MR) is 96.3 cm³/mol. The summed E-state index contributed by atoms with van der Waals surface area (Å²) in [6, 6.07) is 16.5. The molecule has 5 nitrogen and oxygen atoms in total. The van der Waals surface area contributed by atoms with Gasteiger partial charge in [0.2, 0.25) is 0 Å². The Hall–Kier alpha value is -3.00. The highest BCUT2D eigenvalue weighted by molar-refractivity contribution is 5.99. The van der Waals surface area contributed by atoms with Crippen molar-refractivity contribution in [3.63, 3.8) is 0 Å². The van der Waals surface area contributed by atoms with Crippen LogP contribution in [0.5, 0.6) is 0 Å². The first kappa shape index (κ1) is 15.9. The molecule has 2 amide bonds. The molecule has 2 N–H and O–H groups in total. The number of nitrogens with zero attached hydrogens (tertiary/aromatic N) is 2. The Morgan fingerprint density at radius 1 is 0.958 bits per heavy atom. The number of piperidine rings is 1. The van der Waals surface area contributed by atoms with Gasteiger partial charge in [0.05, 0.1) is 11.6 Å². The van der Waals surface area contributed by atoms with Crippen LogP contribution in [0.3, 0.4) is 0 Å². The largest absolute Gasteiger partial charge is 0.372 e. The first-order valence-corrected chi connectivity index (χ1v) is 8.18. The van der Waals surface area contributed by atoms with Crippen LogP contribution in [0.4, 0.5) is 21.9 Å². The molecule has 1 heterocycles. The highest BCUT2D eigenvalue weighted by atomic mass is 16.2. The molecule has 0 spiro atoms. The third-order valence-electron chi connectivity index (χ3n) is 4.10. The number of nitrogens with one attached hydrogen (secondary N) is 2. The van der Waals surface area contributed by atoms with E-state index in [2.05, 4.69) is 21.6 Å². The summed E-state index contributed by atoms with van der Waals surface area (Å²) in [5.41, 5.74) is 3.04. The fraction of sp³-hybridized carbons (Fsp3) is 0.263.